The zero-order valence-electron chi connectivity index (χ0n) is 17.7. The molecule has 3 aromatic heterocycles. The third kappa shape index (κ3) is 4.17. The molecular formula is C20H24FN9S2. The van der Waals surface area contributed by atoms with E-state index in [4.69, 9.17) is 5.73 Å². The average Bonchev–Trinajstić information content (AvgIpc) is 3.54. The third-order valence-electron chi connectivity index (χ3n) is 5.79. The van der Waals surface area contributed by atoms with Gasteiger partial charge in [-0.1, -0.05) is 18.3 Å². The van der Waals surface area contributed by atoms with Crippen LogP contribution in [0.4, 0.5) is 15.2 Å². The molecule has 1 aromatic carbocycles. The first-order valence-corrected chi connectivity index (χ1v) is 12.2. The van der Waals surface area contributed by atoms with Gasteiger partial charge in [0.15, 0.2) is 11.0 Å². The monoisotopic (exact) mass is 473 g/mol. The van der Waals surface area contributed by atoms with Gasteiger partial charge in [-0.15, -0.1) is 5.10 Å². The molecule has 1 aliphatic heterocycles. The van der Waals surface area contributed by atoms with Gasteiger partial charge in [0.2, 0.25) is 0 Å². The fraction of sp³-hybridized carbons (Fsp3) is 0.450. The van der Waals surface area contributed by atoms with Gasteiger partial charge in [0.25, 0.3) is 0 Å². The maximum absolute atomic E-state index is 14.2. The van der Waals surface area contributed by atoms with Crippen LogP contribution < -0.4 is 10.6 Å². The van der Waals surface area contributed by atoms with E-state index in [1.165, 1.54) is 33.8 Å². The Balaban J connectivity index is 1.26. The molecule has 4 heterocycles. The first-order chi connectivity index (χ1) is 15.6. The lowest BCUT2D eigenvalue weighted by Gasteiger charge is -2.38. The fourth-order valence-electron chi connectivity index (χ4n) is 4.16. The Bertz CT molecular complexity index is 1180. The Hall–Kier alpha value is -2.70. The molecule has 0 spiro atoms. The van der Waals surface area contributed by atoms with Crippen LogP contribution in [0.3, 0.4) is 0 Å². The SMILES string of the molecule is CCC(c1nnnn1CCc1ccns1)N1CCN(c2nc3cc(N)cc(F)c3s2)CC1. The van der Waals surface area contributed by atoms with E-state index < -0.39 is 0 Å². The van der Waals surface area contributed by atoms with Crippen molar-refractivity contribution < 1.29 is 4.39 Å². The standard InChI is InChI=1S/C20H24FN9S2/c1-2-17(19-25-26-27-30(19)6-4-14-3-5-23-32-14)28-7-9-29(10-8-28)20-24-16-12-13(22)11-15(21)18(16)31-20/h3,5,11-12,17H,2,4,6-10,22H2,1H3. The van der Waals surface area contributed by atoms with Crippen molar-refractivity contribution in [1.82, 2.24) is 34.5 Å². The van der Waals surface area contributed by atoms with Crippen LogP contribution in [0.5, 0.6) is 0 Å². The minimum absolute atomic E-state index is 0.154. The second kappa shape index (κ2) is 9.04. The molecular weight excluding hydrogens is 449 g/mol. The number of nitrogens with zero attached hydrogens (tertiary/aromatic N) is 8. The summed E-state index contributed by atoms with van der Waals surface area (Å²) in [5.41, 5.74) is 6.79. The maximum Gasteiger partial charge on any atom is 0.186 e. The zero-order chi connectivity index (χ0) is 22.1. The lowest BCUT2D eigenvalue weighted by Crippen LogP contribution is -2.48. The second-order valence-corrected chi connectivity index (χ2v) is 9.68. The van der Waals surface area contributed by atoms with Crippen molar-refractivity contribution in [1.29, 1.82) is 0 Å². The molecule has 0 bridgehead atoms. The van der Waals surface area contributed by atoms with Crippen molar-refractivity contribution >= 4 is 43.9 Å². The van der Waals surface area contributed by atoms with Gasteiger partial charge in [0.1, 0.15) is 5.82 Å². The molecule has 2 N–H and O–H groups in total. The number of fused-ring (bicyclic) bond motifs is 1. The Labute approximate surface area is 192 Å². The van der Waals surface area contributed by atoms with E-state index in [-0.39, 0.29) is 11.9 Å². The van der Waals surface area contributed by atoms with Gasteiger partial charge < -0.3 is 10.6 Å². The summed E-state index contributed by atoms with van der Waals surface area (Å²) in [6, 6.07) is 5.27. The van der Waals surface area contributed by atoms with Crippen LogP contribution >= 0.6 is 22.9 Å². The fourth-order valence-corrected chi connectivity index (χ4v) is 5.73. The number of thiazole rings is 1. The van der Waals surface area contributed by atoms with Crippen LogP contribution in [-0.4, -0.2) is 60.6 Å². The Kier molecular flexibility index (Phi) is 5.98. The molecule has 5 rings (SSSR count). The highest BCUT2D eigenvalue weighted by Gasteiger charge is 2.29. The predicted octanol–water partition coefficient (Wildman–Crippen LogP) is 2.98. The summed E-state index contributed by atoms with van der Waals surface area (Å²) in [4.78, 5) is 10.5. The van der Waals surface area contributed by atoms with Gasteiger partial charge in [-0.3, -0.25) is 4.90 Å². The van der Waals surface area contributed by atoms with Crippen LogP contribution in [0, 0.1) is 5.82 Å². The van der Waals surface area contributed by atoms with Gasteiger partial charge in [-0.05, 0) is 46.6 Å². The highest BCUT2D eigenvalue weighted by Crippen LogP contribution is 2.33. The molecule has 0 radical (unpaired) electrons. The number of nitrogen functional groups attached to an aromatic ring is 1. The number of hydrogen-bond acceptors (Lipinski definition) is 10. The summed E-state index contributed by atoms with van der Waals surface area (Å²) >= 11 is 2.90. The molecule has 1 aliphatic rings. The van der Waals surface area contributed by atoms with E-state index >= 15 is 0 Å². The number of hydrogen-bond donors (Lipinski definition) is 1. The summed E-state index contributed by atoms with van der Waals surface area (Å²) in [6.45, 7) is 6.26. The second-order valence-electron chi connectivity index (χ2n) is 7.78. The minimum Gasteiger partial charge on any atom is -0.399 e. The van der Waals surface area contributed by atoms with Crippen LogP contribution in [-0.2, 0) is 13.0 Å². The molecule has 32 heavy (non-hydrogen) atoms. The largest absolute Gasteiger partial charge is 0.399 e. The summed E-state index contributed by atoms with van der Waals surface area (Å²) in [5.74, 6) is 0.599. The highest BCUT2D eigenvalue weighted by molar-refractivity contribution is 7.22. The van der Waals surface area contributed by atoms with Crippen molar-refractivity contribution in [2.45, 2.75) is 32.4 Å². The number of rotatable bonds is 7. The van der Waals surface area contributed by atoms with Gasteiger partial charge in [-0.2, -0.15) is 0 Å². The predicted molar refractivity (Wildman–Crippen MR) is 124 cm³/mol. The normalized spacial score (nSPS) is 16.1. The molecule has 168 valence electrons. The topological polar surface area (TPSA) is 102 Å². The Morgan fingerprint density at radius 2 is 2.06 bits per heavy atom. The van der Waals surface area contributed by atoms with E-state index in [0.717, 1.165) is 56.5 Å². The van der Waals surface area contributed by atoms with Crippen LogP contribution in [0.1, 0.15) is 30.1 Å². The minimum atomic E-state index is -0.307. The van der Waals surface area contributed by atoms with E-state index in [1.807, 2.05) is 16.9 Å². The first kappa shape index (κ1) is 21.2. The van der Waals surface area contributed by atoms with Gasteiger partial charge in [0, 0.05) is 55.9 Å². The number of benzene rings is 1. The van der Waals surface area contributed by atoms with E-state index in [2.05, 4.69) is 41.6 Å². The number of aromatic nitrogens is 6. The molecule has 1 atom stereocenters. The highest BCUT2D eigenvalue weighted by atomic mass is 32.1. The average molecular weight is 474 g/mol. The molecule has 0 aliphatic carbocycles. The Morgan fingerprint density at radius 3 is 2.81 bits per heavy atom. The van der Waals surface area contributed by atoms with Crippen molar-refractivity contribution in [3.05, 3.63) is 40.9 Å². The summed E-state index contributed by atoms with van der Waals surface area (Å²) in [6.07, 6.45) is 3.61. The summed E-state index contributed by atoms with van der Waals surface area (Å²) < 4.78 is 20.9. The van der Waals surface area contributed by atoms with Crippen molar-refractivity contribution in [2.24, 2.45) is 0 Å². The number of anilines is 2. The molecule has 1 unspecified atom stereocenters. The van der Waals surface area contributed by atoms with E-state index in [9.17, 15) is 4.39 Å². The van der Waals surface area contributed by atoms with Crippen LogP contribution in [0.2, 0.25) is 0 Å². The number of aryl methyl sites for hydroxylation is 2. The Morgan fingerprint density at radius 1 is 1.22 bits per heavy atom. The molecule has 1 fully saturated rings. The molecule has 9 nitrogen and oxygen atoms in total. The molecule has 1 saturated heterocycles. The number of tetrazole rings is 1. The first-order valence-electron chi connectivity index (χ1n) is 10.6. The van der Waals surface area contributed by atoms with Gasteiger partial charge in [-0.25, -0.2) is 18.4 Å². The number of nitrogens with two attached hydrogens (primary N) is 1. The maximum atomic E-state index is 14.2. The lowest BCUT2D eigenvalue weighted by molar-refractivity contribution is 0.169. The van der Waals surface area contributed by atoms with E-state index in [1.54, 1.807) is 6.07 Å². The number of halogens is 1. The summed E-state index contributed by atoms with van der Waals surface area (Å²) in [5, 5.41) is 13.4. The van der Waals surface area contributed by atoms with Crippen molar-refractivity contribution in [3.63, 3.8) is 0 Å². The van der Waals surface area contributed by atoms with Crippen molar-refractivity contribution in [3.8, 4) is 0 Å². The number of piperazine rings is 1. The van der Waals surface area contributed by atoms with Gasteiger partial charge >= 0.3 is 0 Å². The smallest absolute Gasteiger partial charge is 0.186 e. The lowest BCUT2D eigenvalue weighted by atomic mass is 10.1. The molecule has 0 saturated carbocycles. The zero-order valence-corrected chi connectivity index (χ0v) is 19.3. The molecule has 0 amide bonds. The third-order valence-corrected chi connectivity index (χ3v) is 7.73. The molecule has 4 aromatic rings. The quantitative estimate of drug-likeness (QED) is 0.409. The van der Waals surface area contributed by atoms with Crippen LogP contribution in [0.25, 0.3) is 10.2 Å². The van der Waals surface area contributed by atoms with Gasteiger partial charge in [0.05, 0.1) is 16.3 Å². The molecule has 12 heteroatoms. The van der Waals surface area contributed by atoms with Crippen LogP contribution in [0.15, 0.2) is 24.4 Å². The summed E-state index contributed by atoms with van der Waals surface area (Å²) in [7, 11) is 0. The van der Waals surface area contributed by atoms with E-state index in [0.29, 0.717) is 15.9 Å². The van der Waals surface area contributed by atoms with Crippen molar-refractivity contribution in [2.75, 3.05) is 36.8 Å².